The van der Waals surface area contributed by atoms with E-state index >= 15 is 0 Å². The third-order valence-electron chi connectivity index (χ3n) is 3.41. The molecule has 3 nitrogen and oxygen atoms in total. The van der Waals surface area contributed by atoms with E-state index in [1.54, 1.807) is 19.1 Å². The summed E-state index contributed by atoms with van der Waals surface area (Å²) in [5, 5.41) is 14.6. The minimum absolute atomic E-state index is 0.337. The van der Waals surface area contributed by atoms with E-state index in [1.807, 2.05) is 30.3 Å². The molecule has 106 valence electrons. The lowest BCUT2D eigenvalue weighted by atomic mass is 9.97. The Morgan fingerprint density at radius 2 is 1.71 bits per heavy atom. The molecule has 1 aromatic heterocycles. The van der Waals surface area contributed by atoms with Crippen molar-refractivity contribution in [2.75, 3.05) is 0 Å². The summed E-state index contributed by atoms with van der Waals surface area (Å²) in [5.74, 6) is 0.210. The summed E-state index contributed by atoms with van der Waals surface area (Å²) < 4.78 is 18.2. The van der Waals surface area contributed by atoms with Gasteiger partial charge in [0.05, 0.1) is 5.56 Å². The maximum Gasteiger partial charge on any atom is 0.140 e. The summed E-state index contributed by atoms with van der Waals surface area (Å²) in [5.41, 5.74) is 2.67. The molecule has 1 N–H and O–H groups in total. The van der Waals surface area contributed by atoms with Crippen molar-refractivity contribution >= 4 is 0 Å². The van der Waals surface area contributed by atoms with Crippen LogP contribution in [0.15, 0.2) is 59.1 Å². The molecule has 0 aliphatic rings. The molecule has 3 aromatic rings. The number of aliphatic hydroxyl groups excluding tert-OH is 1. The van der Waals surface area contributed by atoms with Gasteiger partial charge in [-0.05, 0) is 24.6 Å². The number of nitrogens with zero attached hydrogens (tertiary/aromatic N) is 1. The Kier molecular flexibility index (Phi) is 3.54. The van der Waals surface area contributed by atoms with Crippen LogP contribution < -0.4 is 0 Å². The van der Waals surface area contributed by atoms with Crippen LogP contribution in [0.25, 0.3) is 11.3 Å². The van der Waals surface area contributed by atoms with Gasteiger partial charge in [-0.15, -0.1) is 0 Å². The first-order chi connectivity index (χ1) is 10.2. The van der Waals surface area contributed by atoms with Crippen molar-refractivity contribution in [1.82, 2.24) is 5.16 Å². The van der Waals surface area contributed by atoms with E-state index in [2.05, 4.69) is 5.16 Å². The van der Waals surface area contributed by atoms with Gasteiger partial charge in [0.15, 0.2) is 0 Å². The minimum atomic E-state index is -0.910. The predicted octanol–water partition coefficient (Wildman–Crippen LogP) is 3.87. The molecule has 0 saturated carbocycles. The van der Waals surface area contributed by atoms with E-state index in [1.165, 1.54) is 12.1 Å². The molecule has 1 heterocycles. The van der Waals surface area contributed by atoms with Crippen molar-refractivity contribution in [2.45, 2.75) is 13.0 Å². The van der Waals surface area contributed by atoms with Crippen LogP contribution in [0.3, 0.4) is 0 Å². The Hall–Kier alpha value is -2.46. The molecule has 0 unspecified atom stereocenters. The van der Waals surface area contributed by atoms with Crippen molar-refractivity contribution in [3.63, 3.8) is 0 Å². The average molecular weight is 283 g/mol. The molecule has 2 aromatic carbocycles. The molecule has 4 heteroatoms. The van der Waals surface area contributed by atoms with E-state index in [0.717, 1.165) is 5.56 Å². The first-order valence-electron chi connectivity index (χ1n) is 6.62. The second-order valence-electron chi connectivity index (χ2n) is 4.82. The van der Waals surface area contributed by atoms with Crippen molar-refractivity contribution in [3.05, 3.63) is 77.3 Å². The molecule has 0 bridgehead atoms. The highest BCUT2D eigenvalue weighted by atomic mass is 19.1. The zero-order valence-electron chi connectivity index (χ0n) is 11.5. The second-order valence-corrected chi connectivity index (χ2v) is 4.82. The number of hydrogen-bond acceptors (Lipinski definition) is 3. The van der Waals surface area contributed by atoms with Gasteiger partial charge in [0.1, 0.15) is 23.4 Å². The van der Waals surface area contributed by atoms with Gasteiger partial charge in [-0.3, -0.25) is 0 Å². The molecule has 0 saturated heterocycles. The van der Waals surface area contributed by atoms with E-state index in [4.69, 9.17) is 4.52 Å². The Labute approximate surface area is 121 Å². The van der Waals surface area contributed by atoms with Crippen molar-refractivity contribution in [1.29, 1.82) is 0 Å². The standard InChI is InChI=1S/C17H14FNO2/c1-11-15(17(20)13-7-9-14(18)10-8-13)16(19-21-11)12-5-3-2-4-6-12/h2-10,17,20H,1H3/t17-/m0/s1. The summed E-state index contributed by atoms with van der Waals surface area (Å²) >= 11 is 0. The topological polar surface area (TPSA) is 46.3 Å². The third-order valence-corrected chi connectivity index (χ3v) is 3.41. The molecular formula is C17H14FNO2. The number of aryl methyl sites for hydroxylation is 1. The maximum atomic E-state index is 13.0. The van der Waals surface area contributed by atoms with E-state index < -0.39 is 6.10 Å². The number of aromatic nitrogens is 1. The largest absolute Gasteiger partial charge is 0.383 e. The highest BCUT2D eigenvalue weighted by Crippen LogP contribution is 2.33. The van der Waals surface area contributed by atoms with Crippen molar-refractivity contribution in [2.24, 2.45) is 0 Å². The van der Waals surface area contributed by atoms with E-state index in [-0.39, 0.29) is 5.82 Å². The number of halogens is 1. The molecule has 0 aliphatic heterocycles. The number of rotatable bonds is 3. The molecule has 3 rings (SSSR count). The summed E-state index contributed by atoms with van der Waals surface area (Å²) in [7, 11) is 0. The van der Waals surface area contributed by atoms with Crippen LogP contribution in [0.5, 0.6) is 0 Å². The fourth-order valence-electron chi connectivity index (χ4n) is 2.32. The van der Waals surface area contributed by atoms with Crippen molar-refractivity contribution < 1.29 is 14.0 Å². The molecular weight excluding hydrogens is 269 g/mol. The van der Waals surface area contributed by atoms with Gasteiger partial charge in [0.25, 0.3) is 0 Å². The van der Waals surface area contributed by atoms with Gasteiger partial charge in [0.2, 0.25) is 0 Å². The third kappa shape index (κ3) is 2.58. The molecule has 1 atom stereocenters. The highest BCUT2D eigenvalue weighted by molar-refractivity contribution is 5.64. The van der Waals surface area contributed by atoms with Crippen LogP contribution in [0.1, 0.15) is 23.0 Å². The first kappa shape index (κ1) is 13.5. The average Bonchev–Trinajstić information content (AvgIpc) is 2.90. The maximum absolute atomic E-state index is 13.0. The molecule has 0 fully saturated rings. The van der Waals surface area contributed by atoms with Gasteiger partial charge in [-0.25, -0.2) is 4.39 Å². The lowest BCUT2D eigenvalue weighted by Crippen LogP contribution is -2.02. The summed E-state index contributed by atoms with van der Waals surface area (Å²) in [6.45, 7) is 1.75. The van der Waals surface area contributed by atoms with Crippen LogP contribution >= 0.6 is 0 Å². The molecule has 0 amide bonds. The monoisotopic (exact) mass is 283 g/mol. The van der Waals surface area contributed by atoms with Gasteiger partial charge in [-0.2, -0.15) is 0 Å². The van der Waals surface area contributed by atoms with Gasteiger partial charge < -0.3 is 9.63 Å². The number of hydrogen-bond donors (Lipinski definition) is 1. The lowest BCUT2D eigenvalue weighted by Gasteiger charge is -2.11. The molecule has 0 spiro atoms. The van der Waals surface area contributed by atoms with Crippen LogP contribution in [0.4, 0.5) is 4.39 Å². The van der Waals surface area contributed by atoms with Crippen LogP contribution in [-0.4, -0.2) is 10.3 Å². The lowest BCUT2D eigenvalue weighted by molar-refractivity contribution is 0.218. The highest BCUT2D eigenvalue weighted by Gasteiger charge is 2.23. The summed E-state index contributed by atoms with van der Waals surface area (Å²) in [6.07, 6.45) is -0.910. The van der Waals surface area contributed by atoms with Gasteiger partial charge in [0, 0.05) is 5.56 Å². The minimum Gasteiger partial charge on any atom is -0.383 e. The zero-order valence-corrected chi connectivity index (χ0v) is 11.5. The van der Waals surface area contributed by atoms with Crippen LogP contribution in [0, 0.1) is 12.7 Å². The van der Waals surface area contributed by atoms with Crippen LogP contribution in [0.2, 0.25) is 0 Å². The normalized spacial score (nSPS) is 12.3. The number of benzene rings is 2. The summed E-state index contributed by atoms with van der Waals surface area (Å²) in [6, 6.07) is 15.3. The Morgan fingerprint density at radius 3 is 2.38 bits per heavy atom. The van der Waals surface area contributed by atoms with E-state index in [0.29, 0.717) is 22.6 Å². The first-order valence-corrected chi connectivity index (χ1v) is 6.62. The van der Waals surface area contributed by atoms with Gasteiger partial charge >= 0.3 is 0 Å². The number of aliphatic hydroxyl groups is 1. The Morgan fingerprint density at radius 1 is 1.05 bits per heavy atom. The SMILES string of the molecule is Cc1onc(-c2ccccc2)c1[C@@H](O)c1ccc(F)cc1. The summed E-state index contributed by atoms with van der Waals surface area (Å²) in [4.78, 5) is 0. The Bertz CT molecular complexity index is 735. The predicted molar refractivity (Wildman–Crippen MR) is 77.1 cm³/mol. The Balaban J connectivity index is 2.06. The second kappa shape index (κ2) is 5.50. The zero-order chi connectivity index (χ0) is 14.8. The van der Waals surface area contributed by atoms with E-state index in [9.17, 15) is 9.50 Å². The fourth-order valence-corrected chi connectivity index (χ4v) is 2.32. The van der Waals surface area contributed by atoms with Crippen LogP contribution in [-0.2, 0) is 0 Å². The fraction of sp³-hybridized carbons (Fsp3) is 0.118. The molecule has 0 aliphatic carbocycles. The van der Waals surface area contributed by atoms with Crippen molar-refractivity contribution in [3.8, 4) is 11.3 Å². The quantitative estimate of drug-likeness (QED) is 0.793. The molecule has 0 radical (unpaired) electrons. The smallest absolute Gasteiger partial charge is 0.140 e. The molecule has 21 heavy (non-hydrogen) atoms. The van der Waals surface area contributed by atoms with Gasteiger partial charge in [-0.1, -0.05) is 47.6 Å².